The first kappa shape index (κ1) is 17.9. The number of rotatable bonds is 8. The molecule has 0 atom stereocenters. The summed E-state index contributed by atoms with van der Waals surface area (Å²) in [5.74, 6) is 0. The molecule has 0 amide bonds. The molecule has 130 valence electrons. The molecule has 6 nitrogen and oxygen atoms in total. The molecule has 0 radical (unpaired) electrons. The van der Waals surface area contributed by atoms with Gasteiger partial charge in [-0.2, -0.15) is 0 Å². The van der Waals surface area contributed by atoms with Crippen LogP contribution in [0.1, 0.15) is 5.56 Å². The highest BCUT2D eigenvalue weighted by Crippen LogP contribution is 2.30. The lowest BCUT2D eigenvalue weighted by Crippen LogP contribution is -2.31. The second-order valence-electron chi connectivity index (χ2n) is 5.74. The van der Waals surface area contributed by atoms with Crippen LogP contribution >= 0.6 is 0 Å². The topological polar surface area (TPSA) is 99.0 Å². The Kier molecular flexibility index (Phi) is 6.28. The van der Waals surface area contributed by atoms with E-state index in [-0.39, 0.29) is 13.2 Å². The monoisotopic (exact) mass is 330 g/mol. The maximum absolute atomic E-state index is 9.29. The second kappa shape index (κ2) is 8.42. The molecule has 0 aliphatic rings. The van der Waals surface area contributed by atoms with Gasteiger partial charge in [-0.15, -0.1) is 0 Å². The molecule has 0 bridgehead atoms. The van der Waals surface area contributed by atoms with Crippen molar-refractivity contribution in [1.29, 1.82) is 0 Å². The van der Waals surface area contributed by atoms with Crippen molar-refractivity contribution in [1.82, 2.24) is 0 Å². The first-order chi connectivity index (χ1) is 11.6. The van der Waals surface area contributed by atoms with Gasteiger partial charge in [-0.3, -0.25) is 0 Å². The van der Waals surface area contributed by atoms with Gasteiger partial charge in [0.15, 0.2) is 0 Å². The number of para-hydroxylation sites is 2. The van der Waals surface area contributed by atoms with Gasteiger partial charge in [-0.25, -0.2) is 0 Å². The SMILES string of the molecule is CN(Cc1cc(N)ccc1N)c1ccccc1N(CCO)CCO. The summed E-state index contributed by atoms with van der Waals surface area (Å²) in [5, 5.41) is 18.6. The number of nitrogen functional groups attached to an aromatic ring is 2. The van der Waals surface area contributed by atoms with Gasteiger partial charge in [0.1, 0.15) is 0 Å². The Labute approximate surface area is 142 Å². The van der Waals surface area contributed by atoms with Gasteiger partial charge in [-0.05, 0) is 35.9 Å². The maximum atomic E-state index is 9.29. The molecule has 6 N–H and O–H groups in total. The lowest BCUT2D eigenvalue weighted by Gasteiger charge is -2.30. The van der Waals surface area contributed by atoms with Crippen LogP contribution in [0.2, 0.25) is 0 Å². The predicted molar refractivity (Wildman–Crippen MR) is 100 cm³/mol. The van der Waals surface area contributed by atoms with Crippen LogP contribution in [-0.4, -0.2) is 43.6 Å². The first-order valence-electron chi connectivity index (χ1n) is 7.97. The fraction of sp³-hybridized carbons (Fsp3) is 0.333. The van der Waals surface area contributed by atoms with Gasteiger partial charge in [0.05, 0.1) is 24.6 Å². The van der Waals surface area contributed by atoms with Crippen LogP contribution in [0.25, 0.3) is 0 Å². The first-order valence-corrected chi connectivity index (χ1v) is 7.97. The van der Waals surface area contributed by atoms with Gasteiger partial charge >= 0.3 is 0 Å². The lowest BCUT2D eigenvalue weighted by molar-refractivity contribution is 0.281. The normalized spacial score (nSPS) is 10.6. The van der Waals surface area contributed by atoms with Crippen molar-refractivity contribution in [2.45, 2.75) is 6.54 Å². The number of aliphatic hydroxyl groups is 2. The van der Waals surface area contributed by atoms with Crippen molar-refractivity contribution in [2.75, 3.05) is 54.6 Å². The van der Waals surface area contributed by atoms with E-state index < -0.39 is 0 Å². The third-order valence-electron chi connectivity index (χ3n) is 3.95. The smallest absolute Gasteiger partial charge is 0.0606 e. The highest BCUT2D eigenvalue weighted by molar-refractivity contribution is 5.71. The summed E-state index contributed by atoms with van der Waals surface area (Å²) in [5.41, 5.74) is 16.2. The Morgan fingerprint density at radius 3 is 2.17 bits per heavy atom. The van der Waals surface area contributed by atoms with Gasteiger partial charge in [0, 0.05) is 38.1 Å². The van der Waals surface area contributed by atoms with Crippen molar-refractivity contribution >= 4 is 22.7 Å². The molecule has 0 heterocycles. The van der Waals surface area contributed by atoms with E-state index in [1.165, 1.54) is 0 Å². The van der Waals surface area contributed by atoms with Gasteiger partial charge in [-0.1, -0.05) is 12.1 Å². The number of hydrogen-bond donors (Lipinski definition) is 4. The average Bonchev–Trinajstić information content (AvgIpc) is 2.58. The molecular formula is C18H26N4O2. The molecular weight excluding hydrogens is 304 g/mol. The second-order valence-corrected chi connectivity index (χ2v) is 5.74. The minimum absolute atomic E-state index is 0.0280. The third-order valence-corrected chi connectivity index (χ3v) is 3.95. The molecule has 0 saturated heterocycles. The number of nitrogens with two attached hydrogens (primary N) is 2. The van der Waals surface area contributed by atoms with Crippen LogP contribution in [0.4, 0.5) is 22.7 Å². The molecule has 2 rings (SSSR count). The van der Waals surface area contributed by atoms with Crippen LogP contribution in [0.15, 0.2) is 42.5 Å². The molecule has 0 unspecified atom stereocenters. The van der Waals surface area contributed by atoms with Gasteiger partial charge in [0.25, 0.3) is 0 Å². The van der Waals surface area contributed by atoms with Crippen molar-refractivity contribution in [3.05, 3.63) is 48.0 Å². The Morgan fingerprint density at radius 1 is 0.917 bits per heavy atom. The maximum Gasteiger partial charge on any atom is 0.0606 e. The number of nitrogens with zero attached hydrogens (tertiary/aromatic N) is 2. The molecule has 0 fully saturated rings. The zero-order valence-electron chi connectivity index (χ0n) is 14.0. The van der Waals surface area contributed by atoms with Crippen molar-refractivity contribution in [3.63, 3.8) is 0 Å². The number of hydrogen-bond acceptors (Lipinski definition) is 6. The summed E-state index contributed by atoms with van der Waals surface area (Å²) in [4.78, 5) is 4.05. The fourth-order valence-corrected chi connectivity index (χ4v) is 2.75. The molecule has 2 aromatic rings. The number of aliphatic hydroxyl groups excluding tert-OH is 2. The van der Waals surface area contributed by atoms with Crippen LogP contribution < -0.4 is 21.3 Å². The van der Waals surface area contributed by atoms with E-state index in [1.807, 2.05) is 48.3 Å². The minimum Gasteiger partial charge on any atom is -0.399 e. The summed E-state index contributed by atoms with van der Waals surface area (Å²) < 4.78 is 0. The van der Waals surface area contributed by atoms with Gasteiger partial charge in [0.2, 0.25) is 0 Å². The van der Waals surface area contributed by atoms with E-state index in [0.29, 0.717) is 31.0 Å². The lowest BCUT2D eigenvalue weighted by atomic mass is 10.1. The van der Waals surface area contributed by atoms with Crippen LogP contribution in [0.3, 0.4) is 0 Å². The van der Waals surface area contributed by atoms with Crippen molar-refractivity contribution in [3.8, 4) is 0 Å². The van der Waals surface area contributed by atoms with Crippen molar-refractivity contribution < 1.29 is 10.2 Å². The molecule has 0 aliphatic carbocycles. The Balaban J connectivity index is 2.28. The van der Waals surface area contributed by atoms with E-state index >= 15 is 0 Å². The van der Waals surface area contributed by atoms with Gasteiger partial charge < -0.3 is 31.5 Å². The minimum atomic E-state index is 0.0280. The van der Waals surface area contributed by atoms with E-state index in [4.69, 9.17) is 11.5 Å². The molecule has 0 aromatic heterocycles. The van der Waals surface area contributed by atoms with E-state index in [0.717, 1.165) is 16.9 Å². The van der Waals surface area contributed by atoms with Crippen LogP contribution in [-0.2, 0) is 6.54 Å². The zero-order valence-corrected chi connectivity index (χ0v) is 14.0. The van der Waals surface area contributed by atoms with E-state index in [1.54, 1.807) is 6.07 Å². The molecule has 0 aliphatic heterocycles. The summed E-state index contributed by atoms with van der Waals surface area (Å²) in [6.07, 6.45) is 0. The summed E-state index contributed by atoms with van der Waals surface area (Å²) in [6, 6.07) is 13.4. The highest BCUT2D eigenvalue weighted by atomic mass is 16.3. The predicted octanol–water partition coefficient (Wildman–Crippen LogP) is 1.28. The Bertz CT molecular complexity index is 657. The average molecular weight is 330 g/mol. The van der Waals surface area contributed by atoms with Crippen molar-refractivity contribution in [2.24, 2.45) is 0 Å². The molecule has 6 heteroatoms. The Hall–Kier alpha value is -2.44. The largest absolute Gasteiger partial charge is 0.399 e. The summed E-state index contributed by atoms with van der Waals surface area (Å²) in [6.45, 7) is 1.60. The molecule has 24 heavy (non-hydrogen) atoms. The van der Waals surface area contributed by atoms with Crippen LogP contribution in [0, 0.1) is 0 Å². The quantitative estimate of drug-likeness (QED) is 0.544. The number of benzene rings is 2. The fourth-order valence-electron chi connectivity index (χ4n) is 2.75. The molecule has 0 saturated carbocycles. The highest BCUT2D eigenvalue weighted by Gasteiger charge is 2.14. The van der Waals surface area contributed by atoms with Crippen LogP contribution in [0.5, 0.6) is 0 Å². The summed E-state index contributed by atoms with van der Waals surface area (Å²) >= 11 is 0. The molecule has 2 aromatic carbocycles. The van der Waals surface area contributed by atoms with E-state index in [2.05, 4.69) is 4.90 Å². The third kappa shape index (κ3) is 4.31. The Morgan fingerprint density at radius 2 is 1.54 bits per heavy atom. The van der Waals surface area contributed by atoms with E-state index in [9.17, 15) is 10.2 Å². The number of anilines is 4. The summed E-state index contributed by atoms with van der Waals surface area (Å²) in [7, 11) is 1.98. The standard InChI is InChI=1S/C18H26N4O2/c1-21(13-14-12-15(19)6-7-16(14)20)17-4-2-3-5-18(17)22(8-10-23)9-11-24/h2-7,12,23-24H,8-11,13,19-20H2,1H3. The molecule has 0 spiro atoms. The zero-order chi connectivity index (χ0) is 17.5.